The van der Waals surface area contributed by atoms with Gasteiger partial charge in [-0.15, -0.1) is 0 Å². The summed E-state index contributed by atoms with van der Waals surface area (Å²) in [6.07, 6.45) is -1.92. The number of amides is 9. The number of rotatable bonds is 38. The zero-order chi connectivity index (χ0) is 57.7. The van der Waals surface area contributed by atoms with Crippen molar-refractivity contribution in [2.45, 2.75) is 160 Å². The van der Waals surface area contributed by atoms with E-state index in [1.54, 1.807) is 27.7 Å². The van der Waals surface area contributed by atoms with Gasteiger partial charge >= 0.3 is 17.9 Å². The van der Waals surface area contributed by atoms with Crippen molar-refractivity contribution < 1.29 is 78.0 Å². The number of carboxylic acids is 3. The summed E-state index contributed by atoms with van der Waals surface area (Å²) in [4.78, 5) is 156. The van der Waals surface area contributed by atoms with E-state index in [1.165, 1.54) is 24.3 Å². The van der Waals surface area contributed by atoms with Gasteiger partial charge in [0.1, 0.15) is 48.0 Å². The van der Waals surface area contributed by atoms with Crippen molar-refractivity contribution in [2.24, 2.45) is 34.8 Å². The van der Waals surface area contributed by atoms with E-state index in [2.05, 4.69) is 42.5 Å². The number of carbonyl (C=O) groups excluding carboxylic acids is 9. The second-order valence-electron chi connectivity index (χ2n) is 18.9. The van der Waals surface area contributed by atoms with Gasteiger partial charge in [-0.05, 0) is 100 Å². The minimum absolute atomic E-state index is 0.0213. The average Bonchev–Trinajstić information content (AvgIpc) is 3.33. The number of primary amides is 1. The molecule has 0 aliphatic rings. The highest BCUT2D eigenvalue weighted by atomic mass is 16.4. The maximum absolute atomic E-state index is 14.0. The van der Waals surface area contributed by atoms with E-state index in [1.807, 2.05) is 0 Å². The van der Waals surface area contributed by atoms with Crippen LogP contribution in [0.25, 0.3) is 0 Å². The minimum Gasteiger partial charge on any atom is -0.508 e. The minimum atomic E-state index is -1.73. The number of nitrogens with two attached hydrogens (primary N) is 4. The van der Waals surface area contributed by atoms with Crippen molar-refractivity contribution in [3.05, 3.63) is 29.8 Å². The Balaban J connectivity index is 3.39. The van der Waals surface area contributed by atoms with Crippen LogP contribution in [0.2, 0.25) is 0 Å². The summed E-state index contributed by atoms with van der Waals surface area (Å²) in [6, 6.07) is -6.17. The summed E-state index contributed by atoms with van der Waals surface area (Å²) >= 11 is 0. The molecule has 8 atom stereocenters. The van der Waals surface area contributed by atoms with E-state index in [9.17, 15) is 78.0 Å². The highest BCUT2D eigenvalue weighted by molar-refractivity contribution is 5.98. The molecule has 0 aliphatic heterocycles. The maximum Gasteiger partial charge on any atom is 0.326 e. The SMILES string of the molecule is CC(C)C[C@H](N)C(=O)N[C@@H](CCC(=O)O)C(=O)N[C@@H](CCC(=O)O)C(=O)N[C@@H](CCCCN)C(=O)N[C@@H](CCCCN)C(=O)NCC(=O)N[C@@H](CC(N)=O)C(=O)N[C@@H](Cc1ccc(O)cc1)C(=O)N[C@H](C(=O)O)C(C)C. The normalized spacial score (nSPS) is 14.2. The average molecular weight is 1080 g/mol. The molecule has 1 aromatic carbocycles. The van der Waals surface area contributed by atoms with Crippen molar-refractivity contribution in [3.8, 4) is 5.75 Å². The Morgan fingerprint density at radius 2 is 0.947 bits per heavy atom. The second kappa shape index (κ2) is 34.9. The fourth-order valence-electron chi connectivity index (χ4n) is 7.37. The molecule has 0 aromatic heterocycles. The van der Waals surface area contributed by atoms with Gasteiger partial charge < -0.3 is 85.9 Å². The van der Waals surface area contributed by atoms with Crippen LogP contribution in [0.1, 0.15) is 110 Å². The summed E-state index contributed by atoms with van der Waals surface area (Å²) in [5, 5.41) is 57.4. The number of nitrogens with one attached hydrogen (secondary N) is 8. The summed E-state index contributed by atoms with van der Waals surface area (Å²) in [5.74, 6) is -13.6. The van der Waals surface area contributed by atoms with Gasteiger partial charge in [-0.1, -0.05) is 39.8 Å². The van der Waals surface area contributed by atoms with Crippen molar-refractivity contribution in [3.63, 3.8) is 0 Å². The molecule has 0 bridgehead atoms. The Kier molecular flexibility index (Phi) is 30.6. The molecule has 426 valence electrons. The van der Waals surface area contributed by atoms with Crippen LogP contribution in [0.5, 0.6) is 5.75 Å². The lowest BCUT2D eigenvalue weighted by Crippen LogP contribution is -2.59. The monoisotopic (exact) mass is 1080 g/mol. The Morgan fingerprint density at radius 1 is 0.526 bits per heavy atom. The standard InChI is InChI=1S/C48H78N12O16/c1-25(2)21-29(51)41(68)55-32(15-17-38(64)65)44(71)58-33(16-18-39(66)67)45(72)57-31(10-6-8-20-50)43(70)56-30(9-5-7-19-49)42(69)53-24-37(63)54-35(23-36(52)62)46(73)59-34(22-27-11-13-28(61)14-12-27)47(74)60-40(26(3)4)48(75)76/h11-14,25-26,29-35,40,61H,5-10,15-24,49-51H2,1-4H3,(H2,52,62)(H,53,69)(H,54,63)(H,55,68)(H,56,70)(H,57,72)(H,58,71)(H,59,73)(H,60,74)(H,64,65)(H,66,67)(H,75,76)/t29-,30-,31-,32-,33-,34-,35-,40-/m0/s1. The van der Waals surface area contributed by atoms with Crippen LogP contribution in [-0.2, 0) is 64.0 Å². The summed E-state index contributed by atoms with van der Waals surface area (Å²) in [6.45, 7) is 6.20. The summed E-state index contributed by atoms with van der Waals surface area (Å²) in [5.41, 5.74) is 23.1. The number of aliphatic carboxylic acids is 3. The fraction of sp³-hybridized carbons (Fsp3) is 0.625. The number of benzene rings is 1. The highest BCUT2D eigenvalue weighted by Gasteiger charge is 2.35. The molecule has 0 radical (unpaired) electrons. The van der Waals surface area contributed by atoms with Gasteiger partial charge in [-0.2, -0.15) is 0 Å². The molecule has 0 spiro atoms. The van der Waals surface area contributed by atoms with E-state index in [-0.39, 0.29) is 63.3 Å². The number of carboxylic acid groups (broad SMARTS) is 3. The van der Waals surface area contributed by atoms with Gasteiger partial charge in [0, 0.05) is 19.3 Å². The molecule has 0 saturated carbocycles. The molecule has 0 saturated heterocycles. The molecule has 1 rings (SSSR count). The number of phenols is 1. The first kappa shape index (κ1) is 66.6. The lowest BCUT2D eigenvalue weighted by atomic mass is 10.0. The number of hydrogen-bond donors (Lipinski definition) is 16. The van der Waals surface area contributed by atoms with Gasteiger partial charge in [0.05, 0.1) is 19.0 Å². The summed E-state index contributed by atoms with van der Waals surface area (Å²) < 4.78 is 0. The van der Waals surface area contributed by atoms with Crippen molar-refractivity contribution in [1.29, 1.82) is 0 Å². The third-order valence-electron chi connectivity index (χ3n) is 11.5. The van der Waals surface area contributed by atoms with Gasteiger partial charge in [-0.3, -0.25) is 52.7 Å². The first-order valence-corrected chi connectivity index (χ1v) is 25.0. The predicted octanol–water partition coefficient (Wildman–Crippen LogP) is -3.58. The second-order valence-corrected chi connectivity index (χ2v) is 18.9. The third kappa shape index (κ3) is 26.7. The van der Waals surface area contributed by atoms with E-state index in [0.717, 1.165) is 0 Å². The van der Waals surface area contributed by atoms with Crippen molar-refractivity contribution in [1.82, 2.24) is 42.5 Å². The number of aromatic hydroxyl groups is 1. The number of phenolic OH excluding ortho intramolecular Hbond substituents is 1. The van der Waals surface area contributed by atoms with Gasteiger partial charge in [0.25, 0.3) is 0 Å². The Bertz CT molecular complexity index is 2140. The highest BCUT2D eigenvalue weighted by Crippen LogP contribution is 2.14. The molecule has 76 heavy (non-hydrogen) atoms. The fourth-order valence-corrected chi connectivity index (χ4v) is 7.37. The molecule has 20 N–H and O–H groups in total. The molecular formula is C48H78N12O16. The number of unbranched alkanes of at least 4 members (excludes halogenated alkanes) is 2. The smallest absolute Gasteiger partial charge is 0.326 e. The van der Waals surface area contributed by atoms with Gasteiger partial charge in [-0.25, -0.2) is 4.79 Å². The largest absolute Gasteiger partial charge is 0.508 e. The van der Waals surface area contributed by atoms with Crippen LogP contribution >= 0.6 is 0 Å². The molecule has 28 heteroatoms. The molecule has 0 fully saturated rings. The summed E-state index contributed by atoms with van der Waals surface area (Å²) in [7, 11) is 0. The van der Waals surface area contributed by atoms with Gasteiger partial charge in [0.2, 0.25) is 53.2 Å². The Morgan fingerprint density at radius 3 is 1.37 bits per heavy atom. The van der Waals surface area contributed by atoms with Crippen LogP contribution in [0, 0.1) is 11.8 Å². The van der Waals surface area contributed by atoms with Crippen LogP contribution < -0.4 is 65.5 Å². The topological polar surface area (TPSA) is 486 Å². The quantitative estimate of drug-likeness (QED) is 0.0285. The molecule has 0 aliphatic carbocycles. The number of hydrogen-bond acceptors (Lipinski definition) is 16. The lowest BCUT2D eigenvalue weighted by Gasteiger charge is -2.27. The van der Waals surface area contributed by atoms with Gasteiger partial charge in [0.15, 0.2) is 0 Å². The van der Waals surface area contributed by atoms with E-state index < -0.39 is 164 Å². The molecule has 0 heterocycles. The zero-order valence-electron chi connectivity index (χ0n) is 43.4. The molecular weight excluding hydrogens is 1000 g/mol. The van der Waals surface area contributed by atoms with Crippen LogP contribution in [0.4, 0.5) is 0 Å². The predicted molar refractivity (Wildman–Crippen MR) is 272 cm³/mol. The van der Waals surface area contributed by atoms with Crippen LogP contribution in [0.15, 0.2) is 24.3 Å². The zero-order valence-corrected chi connectivity index (χ0v) is 43.4. The maximum atomic E-state index is 14.0. The Labute approximate surface area is 440 Å². The molecule has 0 unspecified atom stereocenters. The van der Waals surface area contributed by atoms with E-state index in [4.69, 9.17) is 22.9 Å². The molecule has 28 nitrogen and oxygen atoms in total. The Hall–Kier alpha value is -7.46. The first-order valence-electron chi connectivity index (χ1n) is 25.0. The number of carbonyl (C=O) groups is 12. The van der Waals surface area contributed by atoms with Crippen molar-refractivity contribution >= 4 is 71.1 Å². The van der Waals surface area contributed by atoms with E-state index >= 15 is 0 Å². The lowest BCUT2D eigenvalue weighted by molar-refractivity contribution is -0.143. The van der Waals surface area contributed by atoms with Crippen molar-refractivity contribution in [2.75, 3.05) is 19.6 Å². The van der Waals surface area contributed by atoms with Crippen LogP contribution in [-0.4, -0.2) is 159 Å². The molecule has 1 aromatic rings. The van der Waals surface area contributed by atoms with Crippen LogP contribution in [0.3, 0.4) is 0 Å². The third-order valence-corrected chi connectivity index (χ3v) is 11.5. The van der Waals surface area contributed by atoms with E-state index in [0.29, 0.717) is 18.4 Å². The first-order chi connectivity index (χ1) is 35.7. The molecule has 9 amide bonds.